The van der Waals surface area contributed by atoms with Crippen molar-refractivity contribution in [2.24, 2.45) is 0 Å². The molecule has 1 amide bonds. The van der Waals surface area contributed by atoms with Gasteiger partial charge in [0.25, 0.3) is 0 Å². The van der Waals surface area contributed by atoms with Gasteiger partial charge in [0, 0.05) is 6.42 Å². The molecule has 1 heterocycles. The number of carbonyl (C=O) groups excluding carboxylic acids is 1. The Balaban J connectivity index is 2.33. The number of aliphatic hydroxyl groups excluding tert-OH is 5. The fourth-order valence-electron chi connectivity index (χ4n) is 6.72. The second-order valence-corrected chi connectivity index (χ2v) is 15.5. The van der Waals surface area contributed by atoms with Crippen molar-refractivity contribution < 1.29 is 39.8 Å². The number of hydrogen-bond acceptors (Lipinski definition) is 8. The Morgan fingerprint density at radius 1 is 0.600 bits per heavy atom. The van der Waals surface area contributed by atoms with Crippen LogP contribution in [0.3, 0.4) is 0 Å². The maximum absolute atomic E-state index is 12.9. The van der Waals surface area contributed by atoms with Crippen molar-refractivity contribution in [3.8, 4) is 0 Å². The molecule has 1 rings (SSSR count). The van der Waals surface area contributed by atoms with Crippen LogP contribution in [0.1, 0.15) is 181 Å². The molecule has 1 aliphatic heterocycles. The lowest BCUT2D eigenvalue weighted by Crippen LogP contribution is -2.60. The first-order valence-corrected chi connectivity index (χ1v) is 22.4. The van der Waals surface area contributed by atoms with Crippen LogP contribution in [-0.2, 0) is 14.3 Å². The molecule has 0 radical (unpaired) electrons. The van der Waals surface area contributed by atoms with Crippen LogP contribution in [0.15, 0.2) is 48.6 Å². The van der Waals surface area contributed by atoms with Crippen molar-refractivity contribution in [1.82, 2.24) is 5.32 Å². The van der Waals surface area contributed by atoms with E-state index in [1.54, 1.807) is 6.08 Å². The minimum absolute atomic E-state index is 0.199. The minimum Gasteiger partial charge on any atom is -0.394 e. The third-order valence-corrected chi connectivity index (χ3v) is 10.3. The molecular formula is C46H83NO8. The zero-order chi connectivity index (χ0) is 40.2. The van der Waals surface area contributed by atoms with Gasteiger partial charge in [-0.15, -0.1) is 0 Å². The second kappa shape index (κ2) is 36.5. The quantitative estimate of drug-likeness (QED) is 0.0273. The van der Waals surface area contributed by atoms with E-state index in [1.807, 2.05) is 6.08 Å². The SMILES string of the molecule is CCC/C=C/CC/C=C/CC/C=C/C(O)C(COC1OC(CO)C(O)C(O)C1O)NC(=O)CCCCCCCCC/C=C\CCCCCCCCCCCC. The molecule has 7 unspecified atom stereocenters. The number of unbranched alkanes of at least 4 members (excludes halogenated alkanes) is 20. The van der Waals surface area contributed by atoms with Gasteiger partial charge in [0.15, 0.2) is 6.29 Å². The Kier molecular flexibility index (Phi) is 33.9. The molecule has 1 saturated heterocycles. The van der Waals surface area contributed by atoms with E-state index in [4.69, 9.17) is 9.47 Å². The highest BCUT2D eigenvalue weighted by Gasteiger charge is 2.44. The number of amides is 1. The van der Waals surface area contributed by atoms with Crippen molar-refractivity contribution in [3.05, 3.63) is 48.6 Å². The lowest BCUT2D eigenvalue weighted by Gasteiger charge is -2.40. The van der Waals surface area contributed by atoms with Gasteiger partial charge in [0.05, 0.1) is 25.4 Å². The van der Waals surface area contributed by atoms with E-state index in [1.165, 1.54) is 89.9 Å². The van der Waals surface area contributed by atoms with Gasteiger partial charge in [0.2, 0.25) is 5.91 Å². The second-order valence-electron chi connectivity index (χ2n) is 15.5. The smallest absolute Gasteiger partial charge is 0.220 e. The third-order valence-electron chi connectivity index (χ3n) is 10.3. The Hall–Kier alpha value is -1.85. The standard InChI is InChI=1S/C46H83NO8/c1-3-5-7-9-11-13-15-16-17-18-19-20-21-22-23-24-26-28-30-32-34-36-42(50)47-39(38-54-46-45(53)44(52)43(51)41(37-48)55-46)40(49)35-33-31-29-27-25-14-12-10-8-6-4-2/h8,10,20-21,25,27,33,35,39-41,43-46,48-49,51-53H,3-7,9,11-19,22-24,26,28-32,34,36-38H2,1-2H3,(H,47,50)/b10-8+,21-20-,27-25+,35-33+. The van der Waals surface area contributed by atoms with Crippen LogP contribution in [0.2, 0.25) is 0 Å². The van der Waals surface area contributed by atoms with Gasteiger partial charge < -0.3 is 40.3 Å². The number of rotatable bonds is 36. The van der Waals surface area contributed by atoms with Crippen LogP contribution >= 0.6 is 0 Å². The first-order chi connectivity index (χ1) is 26.8. The molecule has 0 spiro atoms. The molecule has 6 N–H and O–H groups in total. The Bertz CT molecular complexity index is 998. The van der Waals surface area contributed by atoms with Gasteiger partial charge >= 0.3 is 0 Å². The summed E-state index contributed by atoms with van der Waals surface area (Å²) in [6.07, 6.45) is 38.8. The van der Waals surface area contributed by atoms with Gasteiger partial charge in [-0.25, -0.2) is 0 Å². The molecule has 0 bridgehead atoms. The molecular weight excluding hydrogens is 695 g/mol. The highest BCUT2D eigenvalue weighted by atomic mass is 16.7. The van der Waals surface area contributed by atoms with Crippen LogP contribution in [0, 0.1) is 0 Å². The lowest BCUT2D eigenvalue weighted by molar-refractivity contribution is -0.302. The highest BCUT2D eigenvalue weighted by molar-refractivity contribution is 5.76. The summed E-state index contributed by atoms with van der Waals surface area (Å²) in [5.74, 6) is -0.199. The summed E-state index contributed by atoms with van der Waals surface area (Å²) in [4.78, 5) is 12.9. The summed E-state index contributed by atoms with van der Waals surface area (Å²) in [7, 11) is 0. The topological polar surface area (TPSA) is 149 Å². The zero-order valence-electron chi connectivity index (χ0n) is 34.9. The maximum atomic E-state index is 12.9. The van der Waals surface area contributed by atoms with Crippen molar-refractivity contribution in [1.29, 1.82) is 0 Å². The number of aliphatic hydroxyl groups is 5. The van der Waals surface area contributed by atoms with Crippen molar-refractivity contribution >= 4 is 5.91 Å². The molecule has 7 atom stereocenters. The zero-order valence-corrected chi connectivity index (χ0v) is 34.9. The van der Waals surface area contributed by atoms with Crippen LogP contribution in [0.5, 0.6) is 0 Å². The van der Waals surface area contributed by atoms with E-state index < -0.39 is 49.5 Å². The van der Waals surface area contributed by atoms with E-state index in [-0.39, 0.29) is 12.5 Å². The van der Waals surface area contributed by atoms with E-state index >= 15 is 0 Å². The van der Waals surface area contributed by atoms with Crippen molar-refractivity contribution in [2.75, 3.05) is 13.2 Å². The average molecular weight is 778 g/mol. The summed E-state index contributed by atoms with van der Waals surface area (Å²) in [6, 6.07) is -0.828. The van der Waals surface area contributed by atoms with Gasteiger partial charge in [-0.2, -0.15) is 0 Å². The first kappa shape index (κ1) is 51.2. The van der Waals surface area contributed by atoms with E-state index in [2.05, 4.69) is 55.6 Å². The van der Waals surface area contributed by atoms with Crippen LogP contribution in [0.4, 0.5) is 0 Å². The predicted molar refractivity (Wildman–Crippen MR) is 226 cm³/mol. The number of allylic oxidation sites excluding steroid dienone is 7. The molecule has 0 aromatic heterocycles. The van der Waals surface area contributed by atoms with Crippen LogP contribution in [0.25, 0.3) is 0 Å². The first-order valence-electron chi connectivity index (χ1n) is 22.4. The van der Waals surface area contributed by atoms with E-state index in [0.29, 0.717) is 6.42 Å². The van der Waals surface area contributed by atoms with Crippen molar-refractivity contribution in [2.45, 2.75) is 224 Å². The molecule has 9 nitrogen and oxygen atoms in total. The molecule has 9 heteroatoms. The highest BCUT2D eigenvalue weighted by Crippen LogP contribution is 2.22. The van der Waals surface area contributed by atoms with E-state index in [0.717, 1.165) is 70.6 Å². The molecule has 0 aromatic rings. The summed E-state index contributed by atoms with van der Waals surface area (Å²) in [5.41, 5.74) is 0. The number of nitrogens with one attached hydrogen (secondary N) is 1. The van der Waals surface area contributed by atoms with Gasteiger partial charge in [0.1, 0.15) is 24.4 Å². The normalized spacial score (nSPS) is 21.8. The molecule has 0 saturated carbocycles. The molecule has 1 aliphatic rings. The Labute approximate surface area is 335 Å². The van der Waals surface area contributed by atoms with Gasteiger partial charge in [-0.05, 0) is 64.2 Å². The van der Waals surface area contributed by atoms with Crippen molar-refractivity contribution in [3.63, 3.8) is 0 Å². The molecule has 1 fully saturated rings. The van der Waals surface area contributed by atoms with Crippen LogP contribution in [-0.4, -0.2) is 87.5 Å². The fraction of sp³-hybridized carbons (Fsp3) is 0.804. The lowest BCUT2D eigenvalue weighted by atomic mass is 9.99. The molecule has 55 heavy (non-hydrogen) atoms. The number of carbonyl (C=O) groups is 1. The summed E-state index contributed by atoms with van der Waals surface area (Å²) < 4.78 is 11.2. The van der Waals surface area contributed by atoms with Gasteiger partial charge in [-0.1, -0.05) is 159 Å². The van der Waals surface area contributed by atoms with Gasteiger partial charge in [-0.3, -0.25) is 4.79 Å². The average Bonchev–Trinajstić information content (AvgIpc) is 3.18. The summed E-state index contributed by atoms with van der Waals surface area (Å²) in [6.45, 7) is 3.66. The molecule has 0 aliphatic carbocycles. The monoisotopic (exact) mass is 778 g/mol. The molecule has 0 aromatic carbocycles. The largest absolute Gasteiger partial charge is 0.394 e. The maximum Gasteiger partial charge on any atom is 0.220 e. The third kappa shape index (κ3) is 27.4. The van der Waals surface area contributed by atoms with Crippen LogP contribution < -0.4 is 5.32 Å². The number of ether oxygens (including phenoxy) is 2. The van der Waals surface area contributed by atoms with E-state index in [9.17, 15) is 30.3 Å². The Morgan fingerprint density at radius 2 is 1.07 bits per heavy atom. The molecule has 320 valence electrons. The predicted octanol–water partition coefficient (Wildman–Crippen LogP) is 9.06. The minimum atomic E-state index is -1.57. The Morgan fingerprint density at radius 3 is 1.60 bits per heavy atom. The fourth-order valence-corrected chi connectivity index (χ4v) is 6.72. The summed E-state index contributed by atoms with van der Waals surface area (Å²) in [5, 5.41) is 54.0. The number of hydrogen-bond donors (Lipinski definition) is 6. The summed E-state index contributed by atoms with van der Waals surface area (Å²) >= 11 is 0.